The molecule has 0 spiro atoms. The Morgan fingerprint density at radius 3 is 2.35 bits per heavy atom. The first-order valence-electron chi connectivity index (χ1n) is 11.7. The maximum atomic E-state index is 12.8. The Morgan fingerprint density at radius 2 is 1.68 bits per heavy atom. The summed E-state index contributed by atoms with van der Waals surface area (Å²) >= 11 is 1.33. The molecule has 1 aromatic heterocycles. The van der Waals surface area contributed by atoms with Crippen molar-refractivity contribution in [3.63, 3.8) is 0 Å². The minimum atomic E-state index is -0.148. The molecule has 7 rings (SSSR count). The van der Waals surface area contributed by atoms with Gasteiger partial charge in [0.15, 0.2) is 5.16 Å². The van der Waals surface area contributed by atoms with Crippen molar-refractivity contribution in [1.29, 1.82) is 0 Å². The molecule has 4 saturated carbocycles. The second-order valence-electron chi connectivity index (χ2n) is 10.2. The summed E-state index contributed by atoms with van der Waals surface area (Å²) < 4.78 is 0. The van der Waals surface area contributed by atoms with E-state index in [0.29, 0.717) is 27.4 Å². The van der Waals surface area contributed by atoms with E-state index < -0.39 is 0 Å². The SMILES string of the molecule is O=C(CSc1nc2ccccc2c(=O)[nH]1)N1CCN(C23CC4CC(CC(C4)C2)C3)CC1. The second kappa shape index (κ2) is 7.62. The zero-order valence-electron chi connectivity index (χ0n) is 17.9. The van der Waals surface area contributed by atoms with Crippen LogP contribution in [0.3, 0.4) is 0 Å². The highest BCUT2D eigenvalue weighted by Gasteiger charge is 2.53. The number of rotatable bonds is 4. The topological polar surface area (TPSA) is 69.3 Å². The number of thioether (sulfide) groups is 1. The number of para-hydroxylation sites is 1. The van der Waals surface area contributed by atoms with E-state index in [0.717, 1.165) is 43.9 Å². The van der Waals surface area contributed by atoms with Crippen LogP contribution in [0.2, 0.25) is 0 Å². The van der Waals surface area contributed by atoms with Crippen molar-refractivity contribution in [1.82, 2.24) is 19.8 Å². The smallest absolute Gasteiger partial charge is 0.259 e. The van der Waals surface area contributed by atoms with Crippen LogP contribution in [0, 0.1) is 17.8 Å². The zero-order chi connectivity index (χ0) is 21.0. The van der Waals surface area contributed by atoms with Gasteiger partial charge in [0.25, 0.3) is 5.56 Å². The van der Waals surface area contributed by atoms with Gasteiger partial charge in [0.1, 0.15) is 0 Å². The summed E-state index contributed by atoms with van der Waals surface area (Å²) in [7, 11) is 0. The average molecular weight is 439 g/mol. The maximum Gasteiger partial charge on any atom is 0.259 e. The van der Waals surface area contributed by atoms with Crippen LogP contribution in [0.1, 0.15) is 38.5 Å². The number of fused-ring (bicyclic) bond motifs is 1. The summed E-state index contributed by atoms with van der Waals surface area (Å²) in [4.78, 5) is 37.1. The fourth-order valence-corrected chi connectivity index (χ4v) is 8.01. The Morgan fingerprint density at radius 1 is 1.03 bits per heavy atom. The number of hydrogen-bond acceptors (Lipinski definition) is 5. The van der Waals surface area contributed by atoms with Crippen LogP contribution in [0.15, 0.2) is 34.2 Å². The minimum absolute atomic E-state index is 0.144. The van der Waals surface area contributed by atoms with Gasteiger partial charge in [-0.25, -0.2) is 4.98 Å². The number of benzene rings is 1. The Kier molecular flexibility index (Phi) is 4.87. The molecule has 7 heteroatoms. The largest absolute Gasteiger partial charge is 0.339 e. The third kappa shape index (κ3) is 3.59. The van der Waals surface area contributed by atoms with E-state index in [1.165, 1.54) is 50.3 Å². The monoisotopic (exact) mass is 438 g/mol. The summed E-state index contributed by atoms with van der Waals surface area (Å²) in [5.41, 5.74) is 0.961. The number of piperazine rings is 1. The number of nitrogens with zero attached hydrogens (tertiary/aromatic N) is 3. The van der Waals surface area contributed by atoms with Crippen LogP contribution >= 0.6 is 11.8 Å². The van der Waals surface area contributed by atoms with Gasteiger partial charge in [-0.15, -0.1) is 0 Å². The summed E-state index contributed by atoms with van der Waals surface area (Å²) in [6, 6.07) is 7.31. The van der Waals surface area contributed by atoms with Gasteiger partial charge in [-0.1, -0.05) is 23.9 Å². The molecule has 1 saturated heterocycles. The van der Waals surface area contributed by atoms with E-state index in [1.807, 2.05) is 23.1 Å². The first-order chi connectivity index (χ1) is 15.1. The minimum Gasteiger partial charge on any atom is -0.339 e. The van der Waals surface area contributed by atoms with E-state index in [4.69, 9.17) is 0 Å². The average Bonchev–Trinajstić information content (AvgIpc) is 2.77. The molecule has 1 amide bonds. The lowest BCUT2D eigenvalue weighted by atomic mass is 9.52. The molecular weight excluding hydrogens is 408 g/mol. The van der Waals surface area contributed by atoms with Gasteiger partial charge < -0.3 is 9.88 Å². The number of amides is 1. The van der Waals surface area contributed by atoms with Gasteiger partial charge in [-0.3, -0.25) is 14.5 Å². The third-order valence-corrected chi connectivity index (χ3v) is 9.09. The lowest BCUT2D eigenvalue weighted by Gasteiger charge is -2.61. The Hall–Kier alpha value is -1.86. The van der Waals surface area contributed by atoms with Crippen LogP contribution in [-0.4, -0.2) is 63.1 Å². The highest BCUT2D eigenvalue weighted by Crippen LogP contribution is 2.57. The van der Waals surface area contributed by atoms with Crippen molar-refractivity contribution in [2.24, 2.45) is 17.8 Å². The second-order valence-corrected chi connectivity index (χ2v) is 11.2. The van der Waals surface area contributed by atoms with E-state index in [-0.39, 0.29) is 11.5 Å². The van der Waals surface area contributed by atoms with Crippen molar-refractivity contribution >= 4 is 28.6 Å². The van der Waals surface area contributed by atoms with Gasteiger partial charge in [0.2, 0.25) is 5.91 Å². The quantitative estimate of drug-likeness (QED) is 0.587. The highest BCUT2D eigenvalue weighted by molar-refractivity contribution is 7.99. The van der Waals surface area contributed by atoms with E-state index in [9.17, 15) is 9.59 Å². The van der Waals surface area contributed by atoms with Crippen molar-refractivity contribution < 1.29 is 4.79 Å². The van der Waals surface area contributed by atoms with Crippen LogP contribution in [0.4, 0.5) is 0 Å². The predicted octanol–water partition coefficient (Wildman–Crippen LogP) is 3.13. The number of nitrogens with one attached hydrogen (secondary N) is 1. The van der Waals surface area contributed by atoms with Crippen molar-refractivity contribution in [2.45, 2.75) is 49.2 Å². The molecule has 0 atom stereocenters. The molecule has 5 fully saturated rings. The summed E-state index contributed by atoms with van der Waals surface area (Å²) in [5, 5.41) is 1.10. The molecule has 0 radical (unpaired) electrons. The lowest BCUT2D eigenvalue weighted by molar-refractivity contribution is -0.135. The molecule has 0 unspecified atom stereocenters. The van der Waals surface area contributed by atoms with E-state index in [1.54, 1.807) is 6.07 Å². The molecule has 2 heterocycles. The van der Waals surface area contributed by atoms with Crippen LogP contribution < -0.4 is 5.56 Å². The van der Waals surface area contributed by atoms with Crippen LogP contribution in [-0.2, 0) is 4.79 Å². The van der Waals surface area contributed by atoms with Crippen molar-refractivity contribution in [2.75, 3.05) is 31.9 Å². The number of aromatic amines is 1. The molecule has 1 aromatic carbocycles. The van der Waals surface area contributed by atoms with Gasteiger partial charge in [-0.2, -0.15) is 0 Å². The molecule has 1 aliphatic heterocycles. The summed E-state index contributed by atoms with van der Waals surface area (Å²) in [6.07, 6.45) is 8.59. The Labute approximate surface area is 186 Å². The zero-order valence-corrected chi connectivity index (χ0v) is 18.7. The molecule has 1 N–H and O–H groups in total. The van der Waals surface area contributed by atoms with E-state index >= 15 is 0 Å². The molecular formula is C24H30N4O2S. The molecule has 2 aromatic rings. The molecule has 5 aliphatic rings. The standard InChI is InChI=1S/C24H30N4O2S/c29-21(15-31-23-25-20-4-2-1-3-19(20)22(30)26-23)27-5-7-28(8-6-27)24-12-16-9-17(13-24)11-18(10-16)14-24/h1-4,16-18H,5-15H2,(H,25,26,30). The van der Waals surface area contributed by atoms with Gasteiger partial charge >= 0.3 is 0 Å². The highest BCUT2D eigenvalue weighted by atomic mass is 32.2. The number of aromatic nitrogens is 2. The number of carbonyl (C=O) groups excluding carboxylic acids is 1. The molecule has 4 aliphatic carbocycles. The number of carbonyl (C=O) groups is 1. The Balaban J connectivity index is 1.06. The van der Waals surface area contributed by atoms with Crippen LogP contribution in [0.25, 0.3) is 10.9 Å². The molecule has 164 valence electrons. The fourth-order valence-electron chi connectivity index (χ4n) is 7.24. The maximum absolute atomic E-state index is 12.8. The van der Waals surface area contributed by atoms with E-state index in [2.05, 4.69) is 14.9 Å². The number of H-pyrrole nitrogens is 1. The first kappa shape index (κ1) is 19.8. The normalized spacial score (nSPS) is 32.6. The predicted molar refractivity (Wildman–Crippen MR) is 122 cm³/mol. The third-order valence-electron chi connectivity index (χ3n) is 8.23. The van der Waals surface area contributed by atoms with Crippen molar-refractivity contribution in [3.8, 4) is 0 Å². The summed E-state index contributed by atoms with van der Waals surface area (Å²) in [5.74, 6) is 3.33. The lowest BCUT2D eigenvalue weighted by Crippen LogP contribution is -2.64. The molecule has 6 nitrogen and oxygen atoms in total. The Bertz CT molecular complexity index is 1020. The first-order valence-corrected chi connectivity index (χ1v) is 12.7. The van der Waals surface area contributed by atoms with Gasteiger partial charge in [-0.05, 0) is 68.4 Å². The van der Waals surface area contributed by atoms with Crippen molar-refractivity contribution in [3.05, 3.63) is 34.6 Å². The van der Waals surface area contributed by atoms with Gasteiger partial charge in [0.05, 0.1) is 16.7 Å². The van der Waals surface area contributed by atoms with Crippen LogP contribution in [0.5, 0.6) is 0 Å². The molecule has 4 bridgehead atoms. The number of hydrogen-bond donors (Lipinski definition) is 1. The molecule has 31 heavy (non-hydrogen) atoms. The fraction of sp³-hybridized carbons (Fsp3) is 0.625. The summed E-state index contributed by atoms with van der Waals surface area (Å²) in [6.45, 7) is 3.66. The van der Waals surface area contributed by atoms with Gasteiger partial charge in [0, 0.05) is 31.7 Å².